The SMILES string of the molecule is CC[C@@H](C)NC(=O)C[NH+]1CCN(c2ccccc2Cl)CC1. The molecule has 0 aliphatic carbocycles. The number of halogens is 1. The molecule has 0 spiro atoms. The lowest BCUT2D eigenvalue weighted by atomic mass is 10.2. The summed E-state index contributed by atoms with van der Waals surface area (Å²) in [5.41, 5.74) is 1.10. The molecule has 0 bridgehead atoms. The maximum absolute atomic E-state index is 11.9. The van der Waals surface area contributed by atoms with E-state index in [2.05, 4.69) is 23.2 Å². The van der Waals surface area contributed by atoms with E-state index in [0.717, 1.165) is 43.3 Å². The van der Waals surface area contributed by atoms with Crippen LogP contribution in [0.3, 0.4) is 0 Å². The van der Waals surface area contributed by atoms with Crippen LogP contribution < -0.4 is 15.1 Å². The van der Waals surface area contributed by atoms with Crippen molar-refractivity contribution < 1.29 is 9.69 Å². The van der Waals surface area contributed by atoms with Gasteiger partial charge in [0.05, 0.1) is 36.9 Å². The molecule has 1 amide bonds. The minimum atomic E-state index is 0.158. The van der Waals surface area contributed by atoms with Gasteiger partial charge in [-0.3, -0.25) is 4.79 Å². The summed E-state index contributed by atoms with van der Waals surface area (Å²) in [4.78, 5) is 15.6. The topological polar surface area (TPSA) is 36.8 Å². The summed E-state index contributed by atoms with van der Waals surface area (Å²) < 4.78 is 0. The second-order valence-electron chi connectivity index (χ2n) is 5.74. The van der Waals surface area contributed by atoms with Crippen molar-refractivity contribution in [1.29, 1.82) is 0 Å². The van der Waals surface area contributed by atoms with E-state index in [1.807, 2.05) is 25.1 Å². The van der Waals surface area contributed by atoms with E-state index in [-0.39, 0.29) is 11.9 Å². The van der Waals surface area contributed by atoms with E-state index in [1.165, 1.54) is 4.90 Å². The monoisotopic (exact) mass is 310 g/mol. The maximum Gasteiger partial charge on any atom is 0.275 e. The highest BCUT2D eigenvalue weighted by atomic mass is 35.5. The molecule has 0 unspecified atom stereocenters. The van der Waals surface area contributed by atoms with Gasteiger partial charge < -0.3 is 15.1 Å². The van der Waals surface area contributed by atoms with Gasteiger partial charge in [-0.2, -0.15) is 0 Å². The van der Waals surface area contributed by atoms with Crippen LogP contribution >= 0.6 is 11.6 Å². The molecule has 1 saturated heterocycles. The summed E-state index contributed by atoms with van der Waals surface area (Å²) >= 11 is 6.24. The Morgan fingerprint density at radius 2 is 2.05 bits per heavy atom. The molecular weight excluding hydrogens is 286 g/mol. The normalized spacial score (nSPS) is 17.6. The Kier molecular flexibility index (Phi) is 5.88. The van der Waals surface area contributed by atoms with Crippen molar-refractivity contribution >= 4 is 23.2 Å². The Bertz CT molecular complexity index is 472. The minimum Gasteiger partial charge on any atom is -0.359 e. The fourth-order valence-corrected chi connectivity index (χ4v) is 2.86. The number of hydrogen-bond acceptors (Lipinski definition) is 2. The fraction of sp³-hybridized carbons (Fsp3) is 0.562. The Balaban J connectivity index is 1.81. The molecule has 4 nitrogen and oxygen atoms in total. The highest BCUT2D eigenvalue weighted by Crippen LogP contribution is 2.24. The van der Waals surface area contributed by atoms with E-state index in [4.69, 9.17) is 11.6 Å². The van der Waals surface area contributed by atoms with Gasteiger partial charge in [0.25, 0.3) is 5.91 Å². The average molecular weight is 311 g/mol. The summed E-state index contributed by atoms with van der Waals surface area (Å²) in [6.07, 6.45) is 0.974. The quantitative estimate of drug-likeness (QED) is 0.850. The van der Waals surface area contributed by atoms with Crippen LogP contribution in [0.15, 0.2) is 24.3 Å². The first-order chi connectivity index (χ1) is 10.1. The summed E-state index contributed by atoms with van der Waals surface area (Å²) in [6, 6.07) is 8.21. The van der Waals surface area contributed by atoms with Crippen LogP contribution in [0.25, 0.3) is 0 Å². The third kappa shape index (κ3) is 4.61. The molecule has 2 N–H and O–H groups in total. The van der Waals surface area contributed by atoms with Crippen LogP contribution in [0.5, 0.6) is 0 Å². The van der Waals surface area contributed by atoms with E-state index < -0.39 is 0 Å². The van der Waals surface area contributed by atoms with Crippen LogP contribution in [0.2, 0.25) is 5.02 Å². The van der Waals surface area contributed by atoms with Crippen molar-refractivity contribution in [3.05, 3.63) is 29.3 Å². The Morgan fingerprint density at radius 1 is 1.38 bits per heavy atom. The molecule has 1 aromatic carbocycles. The molecule has 21 heavy (non-hydrogen) atoms. The first kappa shape index (κ1) is 16.1. The Morgan fingerprint density at radius 3 is 2.67 bits per heavy atom. The number of amides is 1. The fourth-order valence-electron chi connectivity index (χ4n) is 2.60. The van der Waals surface area contributed by atoms with Gasteiger partial charge in [0.1, 0.15) is 0 Å². The predicted molar refractivity (Wildman–Crippen MR) is 87.1 cm³/mol. The zero-order valence-electron chi connectivity index (χ0n) is 12.9. The molecule has 1 atom stereocenters. The molecule has 1 aliphatic rings. The lowest BCUT2D eigenvalue weighted by Crippen LogP contribution is -3.16. The van der Waals surface area contributed by atoms with Crippen LogP contribution in [0.1, 0.15) is 20.3 Å². The summed E-state index contributed by atoms with van der Waals surface area (Å²) in [7, 11) is 0. The number of benzene rings is 1. The number of rotatable bonds is 5. The first-order valence-corrected chi connectivity index (χ1v) is 8.10. The number of nitrogens with one attached hydrogen (secondary N) is 2. The lowest BCUT2D eigenvalue weighted by Gasteiger charge is -2.33. The van der Waals surface area contributed by atoms with Crippen molar-refractivity contribution in [3.8, 4) is 0 Å². The molecule has 0 aromatic heterocycles. The van der Waals surface area contributed by atoms with Gasteiger partial charge >= 0.3 is 0 Å². The average Bonchev–Trinajstić information content (AvgIpc) is 2.48. The molecule has 0 radical (unpaired) electrons. The summed E-state index contributed by atoms with van der Waals surface area (Å²) in [5.74, 6) is 0.158. The molecular formula is C16H25ClN3O+. The molecule has 1 aromatic rings. The van der Waals surface area contributed by atoms with Crippen molar-refractivity contribution in [3.63, 3.8) is 0 Å². The van der Waals surface area contributed by atoms with Gasteiger partial charge in [0.2, 0.25) is 0 Å². The van der Waals surface area contributed by atoms with Gasteiger partial charge in [-0.25, -0.2) is 0 Å². The zero-order chi connectivity index (χ0) is 15.2. The number of piperazine rings is 1. The molecule has 1 heterocycles. The van der Waals surface area contributed by atoms with Gasteiger partial charge in [-0.15, -0.1) is 0 Å². The van der Waals surface area contributed by atoms with Gasteiger partial charge in [-0.1, -0.05) is 30.7 Å². The van der Waals surface area contributed by atoms with Crippen LogP contribution in [-0.4, -0.2) is 44.7 Å². The highest BCUT2D eigenvalue weighted by Gasteiger charge is 2.23. The largest absolute Gasteiger partial charge is 0.359 e. The zero-order valence-corrected chi connectivity index (χ0v) is 13.6. The molecule has 1 fully saturated rings. The smallest absolute Gasteiger partial charge is 0.275 e. The number of carbonyl (C=O) groups is 1. The predicted octanol–water partition coefficient (Wildman–Crippen LogP) is 0.960. The Labute approximate surface area is 132 Å². The molecule has 5 heteroatoms. The summed E-state index contributed by atoms with van der Waals surface area (Å²) in [6.45, 7) is 8.52. The van der Waals surface area contributed by atoms with E-state index in [1.54, 1.807) is 0 Å². The van der Waals surface area contributed by atoms with Crippen LogP contribution in [-0.2, 0) is 4.79 Å². The second-order valence-corrected chi connectivity index (χ2v) is 6.15. The third-order valence-electron chi connectivity index (χ3n) is 4.09. The van der Waals surface area contributed by atoms with Crippen molar-refractivity contribution in [2.75, 3.05) is 37.6 Å². The van der Waals surface area contributed by atoms with E-state index in [9.17, 15) is 4.79 Å². The first-order valence-electron chi connectivity index (χ1n) is 7.72. The van der Waals surface area contributed by atoms with Gasteiger partial charge in [0.15, 0.2) is 6.54 Å². The van der Waals surface area contributed by atoms with Crippen molar-refractivity contribution in [2.24, 2.45) is 0 Å². The minimum absolute atomic E-state index is 0.158. The number of para-hydroxylation sites is 1. The van der Waals surface area contributed by atoms with Crippen LogP contribution in [0, 0.1) is 0 Å². The summed E-state index contributed by atoms with van der Waals surface area (Å²) in [5, 5.41) is 3.84. The Hall–Kier alpha value is -1.26. The van der Waals surface area contributed by atoms with E-state index in [0.29, 0.717) is 6.54 Å². The molecule has 2 rings (SSSR count). The number of carbonyl (C=O) groups excluding carboxylic acids is 1. The van der Waals surface area contributed by atoms with Crippen molar-refractivity contribution in [1.82, 2.24) is 5.32 Å². The number of hydrogen-bond donors (Lipinski definition) is 2. The number of nitrogens with zero attached hydrogens (tertiary/aromatic N) is 1. The lowest BCUT2D eigenvalue weighted by molar-refractivity contribution is -0.892. The van der Waals surface area contributed by atoms with E-state index >= 15 is 0 Å². The molecule has 1 aliphatic heterocycles. The number of anilines is 1. The third-order valence-corrected chi connectivity index (χ3v) is 4.41. The van der Waals surface area contributed by atoms with Gasteiger partial charge in [0, 0.05) is 6.04 Å². The van der Waals surface area contributed by atoms with Crippen molar-refractivity contribution in [2.45, 2.75) is 26.3 Å². The number of quaternary nitrogens is 1. The van der Waals surface area contributed by atoms with Crippen LogP contribution in [0.4, 0.5) is 5.69 Å². The molecule has 116 valence electrons. The van der Waals surface area contributed by atoms with Gasteiger partial charge in [-0.05, 0) is 25.5 Å². The molecule has 0 saturated carbocycles. The standard InChI is InChI=1S/C16H24ClN3O/c1-3-13(2)18-16(21)12-19-8-10-20(11-9-19)15-7-5-4-6-14(15)17/h4-7,13H,3,8-12H2,1-2H3,(H,18,21)/p+1/t13-/m1/s1. The maximum atomic E-state index is 11.9. The second kappa shape index (κ2) is 7.66. The highest BCUT2D eigenvalue weighted by molar-refractivity contribution is 6.33.